The van der Waals surface area contributed by atoms with Crippen LogP contribution in [0.25, 0.3) is 5.69 Å². The smallest absolute Gasteiger partial charge is 0.355 e. The van der Waals surface area contributed by atoms with Crippen LogP contribution in [-0.4, -0.2) is 32.3 Å². The maximum absolute atomic E-state index is 14.2. The van der Waals surface area contributed by atoms with Crippen molar-refractivity contribution in [1.82, 2.24) is 14.3 Å². The molecule has 0 aliphatic rings. The molecule has 1 aromatic carbocycles. The molecule has 0 saturated carbocycles. The molecule has 0 aliphatic carbocycles. The molecule has 0 aliphatic heterocycles. The van der Waals surface area contributed by atoms with Crippen molar-refractivity contribution in [1.29, 1.82) is 0 Å². The topological polar surface area (TPSA) is 66.1 Å². The first-order valence-corrected chi connectivity index (χ1v) is 8.24. The van der Waals surface area contributed by atoms with Crippen molar-refractivity contribution >= 4 is 29.2 Å². The number of aromatic nitrogens is 3. The predicted octanol–water partition coefficient (Wildman–Crippen LogP) is 3.24. The monoisotopic (exact) mass is 411 g/mol. The molecule has 0 amide bonds. The normalized spacial score (nSPS) is 12.5. The number of carbonyl (C=O) groups is 1. The van der Waals surface area contributed by atoms with Gasteiger partial charge in [-0.15, -0.1) is 16.7 Å². The molecule has 0 bridgehead atoms. The van der Waals surface area contributed by atoms with Gasteiger partial charge in [-0.3, -0.25) is 4.79 Å². The number of aryl methyl sites for hydroxylation is 1. The SMILES string of the molecule is CCOC(=O)[C@H](Cl)Cc1cc(-n2nc(C)n(C(F)F)c2=O)c(F)cc1Cl. The van der Waals surface area contributed by atoms with E-state index in [4.69, 9.17) is 27.9 Å². The fraction of sp³-hybridized carbons (Fsp3) is 0.400. The van der Waals surface area contributed by atoms with Crippen LogP contribution in [-0.2, 0) is 16.0 Å². The van der Waals surface area contributed by atoms with Crippen molar-refractivity contribution in [2.24, 2.45) is 0 Å². The van der Waals surface area contributed by atoms with Crippen LogP contribution in [0.15, 0.2) is 16.9 Å². The van der Waals surface area contributed by atoms with Crippen molar-refractivity contribution in [3.8, 4) is 5.69 Å². The van der Waals surface area contributed by atoms with Gasteiger partial charge in [-0.25, -0.2) is 13.8 Å². The Morgan fingerprint density at radius 1 is 1.38 bits per heavy atom. The Morgan fingerprint density at radius 2 is 2.04 bits per heavy atom. The first kappa shape index (κ1) is 20.3. The van der Waals surface area contributed by atoms with E-state index in [-0.39, 0.29) is 39.7 Å². The van der Waals surface area contributed by atoms with Crippen LogP contribution in [0.4, 0.5) is 13.2 Å². The summed E-state index contributed by atoms with van der Waals surface area (Å²) in [5.74, 6) is -1.92. The molecule has 6 nitrogen and oxygen atoms in total. The first-order valence-electron chi connectivity index (χ1n) is 7.42. The predicted molar refractivity (Wildman–Crippen MR) is 88.8 cm³/mol. The van der Waals surface area contributed by atoms with Gasteiger partial charge in [-0.2, -0.15) is 13.5 Å². The summed E-state index contributed by atoms with van der Waals surface area (Å²) in [7, 11) is 0. The fourth-order valence-electron chi connectivity index (χ4n) is 2.27. The van der Waals surface area contributed by atoms with E-state index in [1.54, 1.807) is 6.92 Å². The molecule has 2 aromatic rings. The van der Waals surface area contributed by atoms with E-state index >= 15 is 0 Å². The van der Waals surface area contributed by atoms with Crippen molar-refractivity contribution in [2.45, 2.75) is 32.2 Å². The van der Waals surface area contributed by atoms with Gasteiger partial charge in [0.15, 0.2) is 5.82 Å². The third-order valence-electron chi connectivity index (χ3n) is 3.46. The molecule has 0 unspecified atom stereocenters. The van der Waals surface area contributed by atoms with E-state index in [9.17, 15) is 22.8 Å². The van der Waals surface area contributed by atoms with Crippen molar-refractivity contribution < 1.29 is 22.7 Å². The Hall–Kier alpha value is -2.00. The standard InChI is InChI=1S/C15H14Cl2F3N3O3/c1-3-26-13(24)10(17)4-8-5-12(11(18)6-9(8)16)23-15(25)22(14(19)20)7(2)21-23/h5-6,10,14H,3-4H2,1-2H3/t10-/m1/s1. The number of nitrogens with zero attached hydrogens (tertiary/aromatic N) is 3. The molecule has 0 radical (unpaired) electrons. The van der Waals surface area contributed by atoms with Gasteiger partial charge in [-0.05, 0) is 31.5 Å². The summed E-state index contributed by atoms with van der Waals surface area (Å²) in [5, 5.41) is 2.52. The van der Waals surface area contributed by atoms with Crippen molar-refractivity contribution in [2.75, 3.05) is 6.61 Å². The fourth-order valence-corrected chi connectivity index (χ4v) is 2.72. The van der Waals surface area contributed by atoms with E-state index in [1.807, 2.05) is 0 Å². The third kappa shape index (κ3) is 4.04. The van der Waals surface area contributed by atoms with Crippen molar-refractivity contribution in [3.63, 3.8) is 0 Å². The average Bonchev–Trinajstić information content (AvgIpc) is 2.84. The molecule has 1 heterocycles. The Balaban J connectivity index is 2.48. The number of halogens is 5. The number of benzene rings is 1. The molecule has 11 heteroatoms. The summed E-state index contributed by atoms with van der Waals surface area (Å²) in [4.78, 5) is 23.7. The summed E-state index contributed by atoms with van der Waals surface area (Å²) in [5.41, 5.74) is -1.37. The van der Waals surface area contributed by atoms with E-state index in [2.05, 4.69) is 5.10 Å². The highest BCUT2D eigenvalue weighted by atomic mass is 35.5. The largest absolute Gasteiger partial charge is 0.465 e. The van der Waals surface area contributed by atoms with Gasteiger partial charge in [-0.1, -0.05) is 11.6 Å². The minimum Gasteiger partial charge on any atom is -0.465 e. The van der Waals surface area contributed by atoms with Crippen LogP contribution in [0, 0.1) is 12.7 Å². The zero-order valence-electron chi connectivity index (χ0n) is 13.7. The van der Waals surface area contributed by atoms with E-state index in [1.165, 1.54) is 6.92 Å². The van der Waals surface area contributed by atoms with Crippen LogP contribution in [0.5, 0.6) is 0 Å². The van der Waals surface area contributed by atoms with Gasteiger partial charge in [0.05, 0.1) is 6.61 Å². The Kier molecular flexibility index (Phi) is 6.35. The van der Waals surface area contributed by atoms with Crippen LogP contribution >= 0.6 is 23.2 Å². The van der Waals surface area contributed by atoms with Gasteiger partial charge in [0.1, 0.15) is 16.9 Å². The van der Waals surface area contributed by atoms with Gasteiger partial charge in [0.2, 0.25) is 0 Å². The van der Waals surface area contributed by atoms with Crippen molar-refractivity contribution in [3.05, 3.63) is 44.8 Å². The average molecular weight is 412 g/mol. The zero-order valence-corrected chi connectivity index (χ0v) is 15.2. The summed E-state index contributed by atoms with van der Waals surface area (Å²) in [6, 6.07) is 2.03. The number of rotatable bonds is 6. The maximum atomic E-state index is 14.2. The van der Waals surface area contributed by atoms with Gasteiger partial charge in [0.25, 0.3) is 0 Å². The quantitative estimate of drug-likeness (QED) is 0.540. The molecular formula is C15H14Cl2F3N3O3. The Morgan fingerprint density at radius 3 is 2.58 bits per heavy atom. The van der Waals surface area contributed by atoms with Crippen LogP contribution in [0.2, 0.25) is 5.02 Å². The molecule has 0 saturated heterocycles. The summed E-state index contributed by atoms with van der Waals surface area (Å²) < 4.78 is 45.5. The molecule has 0 spiro atoms. The lowest BCUT2D eigenvalue weighted by molar-refractivity contribution is -0.142. The second-order valence-electron chi connectivity index (χ2n) is 5.21. The highest BCUT2D eigenvalue weighted by Crippen LogP contribution is 2.25. The number of carbonyl (C=O) groups excluding carboxylic acids is 1. The zero-order chi connectivity index (χ0) is 19.6. The maximum Gasteiger partial charge on any atom is 0.355 e. The lowest BCUT2D eigenvalue weighted by Gasteiger charge is -2.12. The highest BCUT2D eigenvalue weighted by Gasteiger charge is 2.23. The second-order valence-corrected chi connectivity index (χ2v) is 6.14. The first-order chi connectivity index (χ1) is 12.2. The second kappa shape index (κ2) is 8.13. The molecule has 1 aromatic heterocycles. The molecule has 0 N–H and O–H groups in total. The number of ether oxygens (including phenoxy) is 1. The number of hydrogen-bond acceptors (Lipinski definition) is 4. The van der Waals surface area contributed by atoms with Gasteiger partial charge in [0, 0.05) is 11.4 Å². The molecule has 26 heavy (non-hydrogen) atoms. The molecule has 2 rings (SSSR count). The molecule has 142 valence electrons. The van der Waals surface area contributed by atoms with Crippen LogP contribution in [0.3, 0.4) is 0 Å². The highest BCUT2D eigenvalue weighted by molar-refractivity contribution is 6.32. The summed E-state index contributed by atoms with van der Waals surface area (Å²) in [6.07, 6.45) is -0.115. The van der Waals surface area contributed by atoms with E-state index in [0.717, 1.165) is 12.1 Å². The molecule has 0 fully saturated rings. The lowest BCUT2D eigenvalue weighted by Crippen LogP contribution is -2.25. The number of alkyl halides is 3. The van der Waals surface area contributed by atoms with Gasteiger partial charge < -0.3 is 4.74 Å². The molecule has 1 atom stereocenters. The van der Waals surface area contributed by atoms with E-state index < -0.39 is 29.4 Å². The van der Waals surface area contributed by atoms with Crippen LogP contribution < -0.4 is 5.69 Å². The summed E-state index contributed by atoms with van der Waals surface area (Å²) >= 11 is 11.9. The lowest BCUT2D eigenvalue weighted by atomic mass is 10.1. The van der Waals surface area contributed by atoms with Gasteiger partial charge >= 0.3 is 18.2 Å². The molecular weight excluding hydrogens is 398 g/mol. The van der Waals surface area contributed by atoms with Crippen LogP contribution in [0.1, 0.15) is 24.9 Å². The third-order valence-corrected chi connectivity index (χ3v) is 4.15. The van der Waals surface area contributed by atoms with E-state index in [0.29, 0.717) is 4.68 Å². The number of hydrogen-bond donors (Lipinski definition) is 0. The Labute approximate surface area is 156 Å². The minimum absolute atomic E-state index is 0.0424. The Bertz CT molecular complexity index is 883. The summed E-state index contributed by atoms with van der Waals surface area (Å²) in [6.45, 7) is -0.195. The number of esters is 1. The minimum atomic E-state index is -3.12.